The highest BCUT2D eigenvalue weighted by Crippen LogP contribution is 2.39. The van der Waals surface area contributed by atoms with Gasteiger partial charge in [-0.1, -0.05) is 44.0 Å². The van der Waals surface area contributed by atoms with Crippen molar-refractivity contribution in [2.75, 3.05) is 0 Å². The Balaban J connectivity index is 2.90. The van der Waals surface area contributed by atoms with Crippen LogP contribution < -0.4 is 0 Å². The number of benzene rings is 1. The van der Waals surface area contributed by atoms with E-state index in [2.05, 4.69) is 31.0 Å². The molecule has 0 radical (unpaired) electrons. The van der Waals surface area contributed by atoms with Crippen LogP contribution in [0.5, 0.6) is 0 Å². The molecule has 1 N–H and O–H groups in total. The maximum absolute atomic E-state index is 6.24. The fourth-order valence-electron chi connectivity index (χ4n) is 1.77. The van der Waals surface area contributed by atoms with Crippen molar-refractivity contribution in [2.45, 2.75) is 26.2 Å². The predicted molar refractivity (Wildman–Crippen MR) is 64.8 cm³/mol. The molecule has 0 atom stereocenters. The van der Waals surface area contributed by atoms with Gasteiger partial charge in [0.05, 0.1) is 21.8 Å². The predicted octanol–water partition coefficient (Wildman–Crippen LogP) is 4.17. The SMILES string of the molecule is CC(C)(C)c1c(Cl)c(Cl)cc2[nH]ncc12. The molecule has 0 bridgehead atoms. The molecule has 15 heavy (non-hydrogen) atoms. The van der Waals surface area contributed by atoms with Gasteiger partial charge in [-0.3, -0.25) is 5.10 Å². The summed E-state index contributed by atoms with van der Waals surface area (Å²) in [7, 11) is 0. The molecule has 4 heteroatoms. The Bertz CT molecular complexity index is 509. The zero-order valence-corrected chi connectivity index (χ0v) is 10.4. The second kappa shape index (κ2) is 3.39. The van der Waals surface area contributed by atoms with Gasteiger partial charge in [0.25, 0.3) is 0 Å². The number of halogens is 2. The summed E-state index contributed by atoms with van der Waals surface area (Å²) in [4.78, 5) is 0. The maximum Gasteiger partial charge on any atom is 0.0669 e. The topological polar surface area (TPSA) is 28.7 Å². The number of H-pyrrole nitrogens is 1. The van der Waals surface area contributed by atoms with E-state index in [4.69, 9.17) is 23.2 Å². The Labute approximate surface area is 98.6 Å². The molecular formula is C11H12Cl2N2. The summed E-state index contributed by atoms with van der Waals surface area (Å²) >= 11 is 12.3. The van der Waals surface area contributed by atoms with Crippen LogP contribution in [0.1, 0.15) is 26.3 Å². The minimum absolute atomic E-state index is 0.0515. The highest BCUT2D eigenvalue weighted by Gasteiger charge is 2.23. The molecule has 0 aliphatic rings. The van der Waals surface area contributed by atoms with E-state index in [1.54, 1.807) is 6.20 Å². The van der Waals surface area contributed by atoms with Gasteiger partial charge in [-0.2, -0.15) is 5.10 Å². The zero-order valence-electron chi connectivity index (χ0n) is 8.86. The van der Waals surface area contributed by atoms with Crippen LogP contribution in [0.25, 0.3) is 10.9 Å². The molecule has 1 aromatic carbocycles. The van der Waals surface area contributed by atoms with Crippen LogP contribution in [0.4, 0.5) is 0 Å². The largest absolute Gasteiger partial charge is 0.278 e. The molecule has 0 saturated heterocycles. The van der Waals surface area contributed by atoms with E-state index in [9.17, 15) is 0 Å². The standard InChI is InChI=1S/C11H12Cl2N2/c1-11(2,3)9-6-5-14-15-8(6)4-7(12)10(9)13/h4-5H,1-3H3,(H,14,15). The average molecular weight is 243 g/mol. The zero-order chi connectivity index (χ0) is 11.2. The van der Waals surface area contributed by atoms with Crippen molar-refractivity contribution in [3.63, 3.8) is 0 Å². The van der Waals surface area contributed by atoms with Gasteiger partial charge in [0.1, 0.15) is 0 Å². The Morgan fingerprint density at radius 1 is 1.27 bits per heavy atom. The fraction of sp³-hybridized carbons (Fsp3) is 0.364. The molecule has 0 saturated carbocycles. The Morgan fingerprint density at radius 3 is 2.53 bits per heavy atom. The number of fused-ring (bicyclic) bond motifs is 1. The van der Waals surface area contributed by atoms with E-state index in [1.807, 2.05) is 6.07 Å². The lowest BCUT2D eigenvalue weighted by atomic mass is 9.85. The molecule has 80 valence electrons. The van der Waals surface area contributed by atoms with Crippen LogP contribution in [-0.4, -0.2) is 10.2 Å². The highest BCUT2D eigenvalue weighted by molar-refractivity contribution is 6.43. The second-order valence-electron chi connectivity index (χ2n) is 4.63. The van der Waals surface area contributed by atoms with E-state index in [0.29, 0.717) is 10.0 Å². The molecule has 2 rings (SSSR count). The van der Waals surface area contributed by atoms with Crippen LogP contribution in [0.3, 0.4) is 0 Å². The monoisotopic (exact) mass is 242 g/mol. The number of nitrogens with one attached hydrogen (secondary N) is 1. The van der Waals surface area contributed by atoms with Crippen molar-refractivity contribution in [2.24, 2.45) is 0 Å². The normalized spacial score (nSPS) is 12.3. The number of aromatic nitrogens is 2. The minimum atomic E-state index is -0.0515. The molecule has 1 aromatic heterocycles. The van der Waals surface area contributed by atoms with Crippen LogP contribution in [-0.2, 0) is 5.41 Å². The maximum atomic E-state index is 6.24. The number of rotatable bonds is 0. The third-order valence-corrected chi connectivity index (χ3v) is 3.18. The molecule has 2 aromatic rings. The van der Waals surface area contributed by atoms with E-state index in [1.165, 1.54) is 0 Å². The number of nitrogens with zero attached hydrogens (tertiary/aromatic N) is 1. The second-order valence-corrected chi connectivity index (χ2v) is 5.41. The smallest absolute Gasteiger partial charge is 0.0669 e. The third kappa shape index (κ3) is 1.72. The van der Waals surface area contributed by atoms with Gasteiger partial charge in [-0.05, 0) is 17.0 Å². The molecule has 2 nitrogen and oxygen atoms in total. The van der Waals surface area contributed by atoms with Gasteiger partial charge in [0, 0.05) is 5.39 Å². The van der Waals surface area contributed by atoms with Crippen molar-refractivity contribution in [1.29, 1.82) is 0 Å². The number of hydrogen-bond donors (Lipinski definition) is 1. The quantitative estimate of drug-likeness (QED) is 0.739. The summed E-state index contributed by atoms with van der Waals surface area (Å²) < 4.78 is 0. The molecule has 0 spiro atoms. The summed E-state index contributed by atoms with van der Waals surface area (Å²) in [6.45, 7) is 6.32. The minimum Gasteiger partial charge on any atom is -0.278 e. The number of hydrogen-bond acceptors (Lipinski definition) is 1. The van der Waals surface area contributed by atoms with Crippen molar-refractivity contribution in [3.05, 3.63) is 27.9 Å². The van der Waals surface area contributed by atoms with Crippen LogP contribution >= 0.6 is 23.2 Å². The van der Waals surface area contributed by atoms with Gasteiger partial charge in [0.15, 0.2) is 0 Å². The van der Waals surface area contributed by atoms with Crippen molar-refractivity contribution in [3.8, 4) is 0 Å². The lowest BCUT2D eigenvalue weighted by Gasteiger charge is -2.22. The third-order valence-electron chi connectivity index (χ3n) is 2.39. The van der Waals surface area contributed by atoms with E-state index >= 15 is 0 Å². The van der Waals surface area contributed by atoms with Gasteiger partial charge in [-0.25, -0.2) is 0 Å². The van der Waals surface area contributed by atoms with Gasteiger partial charge in [-0.15, -0.1) is 0 Å². The summed E-state index contributed by atoms with van der Waals surface area (Å²) in [6.07, 6.45) is 1.79. The van der Waals surface area contributed by atoms with E-state index in [-0.39, 0.29) is 5.41 Å². The molecule has 0 unspecified atom stereocenters. The Hall–Kier alpha value is -0.730. The molecular weight excluding hydrogens is 231 g/mol. The first-order valence-electron chi connectivity index (χ1n) is 4.73. The number of aromatic amines is 1. The Morgan fingerprint density at radius 2 is 1.93 bits per heavy atom. The van der Waals surface area contributed by atoms with Gasteiger partial charge < -0.3 is 0 Å². The molecule has 0 aliphatic heterocycles. The average Bonchev–Trinajstić information content (AvgIpc) is 2.50. The van der Waals surface area contributed by atoms with E-state index < -0.39 is 0 Å². The first-order valence-corrected chi connectivity index (χ1v) is 5.48. The summed E-state index contributed by atoms with van der Waals surface area (Å²) in [5.41, 5.74) is 1.92. The van der Waals surface area contributed by atoms with E-state index in [0.717, 1.165) is 16.5 Å². The lowest BCUT2D eigenvalue weighted by Crippen LogP contribution is -2.12. The molecule has 0 amide bonds. The fourth-order valence-corrected chi connectivity index (χ4v) is 2.41. The summed E-state index contributed by atoms with van der Waals surface area (Å²) in [6, 6.07) is 1.81. The van der Waals surface area contributed by atoms with Crippen LogP contribution in [0, 0.1) is 0 Å². The lowest BCUT2D eigenvalue weighted by molar-refractivity contribution is 0.596. The van der Waals surface area contributed by atoms with Crippen molar-refractivity contribution < 1.29 is 0 Å². The first kappa shape index (κ1) is 10.8. The molecule has 0 fully saturated rings. The van der Waals surface area contributed by atoms with Crippen LogP contribution in [0.2, 0.25) is 10.0 Å². The molecule has 1 heterocycles. The van der Waals surface area contributed by atoms with Gasteiger partial charge in [0.2, 0.25) is 0 Å². The highest BCUT2D eigenvalue weighted by atomic mass is 35.5. The summed E-state index contributed by atoms with van der Waals surface area (Å²) in [5.74, 6) is 0. The van der Waals surface area contributed by atoms with Gasteiger partial charge >= 0.3 is 0 Å². The van der Waals surface area contributed by atoms with Crippen molar-refractivity contribution in [1.82, 2.24) is 10.2 Å². The Kier molecular flexibility index (Phi) is 2.44. The summed E-state index contributed by atoms with van der Waals surface area (Å²) in [5, 5.41) is 9.15. The van der Waals surface area contributed by atoms with Crippen LogP contribution in [0.15, 0.2) is 12.3 Å². The first-order chi connectivity index (χ1) is 6.91. The van der Waals surface area contributed by atoms with Crippen molar-refractivity contribution >= 4 is 34.1 Å². The molecule has 0 aliphatic carbocycles.